The number of carboxylic acids is 1. The van der Waals surface area contributed by atoms with Crippen molar-refractivity contribution >= 4 is 5.97 Å². The van der Waals surface area contributed by atoms with Gasteiger partial charge < -0.3 is 14.7 Å². The second kappa shape index (κ2) is 7.79. The lowest BCUT2D eigenvalue weighted by Gasteiger charge is -2.18. The van der Waals surface area contributed by atoms with Crippen molar-refractivity contribution in [1.29, 1.82) is 0 Å². The minimum Gasteiger partial charge on any atom is -0.496 e. The van der Waals surface area contributed by atoms with Gasteiger partial charge in [-0.3, -0.25) is 0 Å². The first kappa shape index (κ1) is 15.5. The monoisotopic (exact) mass is 265 g/mol. The Morgan fingerprint density at radius 3 is 2.68 bits per heavy atom. The third-order valence-electron chi connectivity index (χ3n) is 3.11. The van der Waals surface area contributed by atoms with E-state index in [0.29, 0.717) is 12.1 Å². The maximum Gasteiger partial charge on any atom is 0.335 e. The molecule has 1 aromatic rings. The standard InChI is InChI=1S/C15H23NO3/c1-4-5-6-9-16(2)11-13-10-12(15(17)18)7-8-14(13)19-3/h7-8,10H,4-6,9,11H2,1-3H3,(H,17,18). The molecule has 1 N–H and O–H groups in total. The van der Waals surface area contributed by atoms with Gasteiger partial charge in [-0.15, -0.1) is 0 Å². The fourth-order valence-corrected chi connectivity index (χ4v) is 2.04. The van der Waals surface area contributed by atoms with Gasteiger partial charge in [0.1, 0.15) is 5.75 Å². The summed E-state index contributed by atoms with van der Waals surface area (Å²) in [6.45, 7) is 3.89. The second-order valence-electron chi connectivity index (χ2n) is 4.78. The molecule has 0 heterocycles. The average Bonchev–Trinajstić information content (AvgIpc) is 2.38. The smallest absolute Gasteiger partial charge is 0.335 e. The molecule has 0 radical (unpaired) electrons. The molecule has 0 spiro atoms. The van der Waals surface area contributed by atoms with Crippen LogP contribution in [0.5, 0.6) is 5.75 Å². The second-order valence-corrected chi connectivity index (χ2v) is 4.78. The van der Waals surface area contributed by atoms with E-state index in [0.717, 1.165) is 24.3 Å². The number of hydrogen-bond donors (Lipinski definition) is 1. The molecule has 0 unspecified atom stereocenters. The Morgan fingerprint density at radius 2 is 2.11 bits per heavy atom. The Bertz CT molecular complexity index is 418. The molecule has 0 aliphatic heterocycles. The van der Waals surface area contributed by atoms with Crippen LogP contribution < -0.4 is 4.74 Å². The Kier molecular flexibility index (Phi) is 6.36. The minimum atomic E-state index is -0.905. The Labute approximate surface area is 115 Å². The van der Waals surface area contributed by atoms with Crippen LogP contribution in [0.1, 0.15) is 42.1 Å². The largest absolute Gasteiger partial charge is 0.496 e. The van der Waals surface area contributed by atoms with E-state index in [4.69, 9.17) is 9.84 Å². The molecule has 1 aromatic carbocycles. The molecule has 106 valence electrons. The van der Waals surface area contributed by atoms with Gasteiger partial charge in [0.15, 0.2) is 0 Å². The quantitative estimate of drug-likeness (QED) is 0.734. The van der Waals surface area contributed by atoms with Gasteiger partial charge in [-0.1, -0.05) is 19.8 Å². The van der Waals surface area contributed by atoms with Crippen LogP contribution >= 0.6 is 0 Å². The van der Waals surface area contributed by atoms with Gasteiger partial charge in [0, 0.05) is 12.1 Å². The van der Waals surface area contributed by atoms with Crippen LogP contribution in [0.25, 0.3) is 0 Å². The lowest BCUT2D eigenvalue weighted by Crippen LogP contribution is -2.19. The predicted molar refractivity (Wildman–Crippen MR) is 75.8 cm³/mol. The van der Waals surface area contributed by atoms with E-state index in [-0.39, 0.29) is 0 Å². The van der Waals surface area contributed by atoms with E-state index in [1.807, 2.05) is 7.05 Å². The summed E-state index contributed by atoms with van der Waals surface area (Å²) in [4.78, 5) is 13.2. The molecular weight excluding hydrogens is 242 g/mol. The molecule has 4 heteroatoms. The van der Waals surface area contributed by atoms with E-state index in [2.05, 4.69) is 11.8 Å². The maximum atomic E-state index is 11.0. The number of benzene rings is 1. The molecular formula is C15H23NO3. The van der Waals surface area contributed by atoms with Crippen molar-refractivity contribution in [2.24, 2.45) is 0 Å². The highest BCUT2D eigenvalue weighted by molar-refractivity contribution is 5.88. The lowest BCUT2D eigenvalue weighted by atomic mass is 10.1. The van der Waals surface area contributed by atoms with Crippen molar-refractivity contribution in [3.63, 3.8) is 0 Å². The summed E-state index contributed by atoms with van der Waals surface area (Å²) >= 11 is 0. The van der Waals surface area contributed by atoms with E-state index in [9.17, 15) is 4.79 Å². The molecule has 0 saturated heterocycles. The topological polar surface area (TPSA) is 49.8 Å². The SMILES string of the molecule is CCCCCN(C)Cc1cc(C(=O)O)ccc1OC. The van der Waals surface area contributed by atoms with Crippen molar-refractivity contribution in [3.8, 4) is 5.75 Å². The number of aromatic carboxylic acids is 1. The van der Waals surface area contributed by atoms with Crippen molar-refractivity contribution in [2.75, 3.05) is 20.7 Å². The molecule has 0 aromatic heterocycles. The zero-order chi connectivity index (χ0) is 14.3. The van der Waals surface area contributed by atoms with Crippen LogP contribution in [-0.4, -0.2) is 36.7 Å². The molecule has 1 rings (SSSR count). The van der Waals surface area contributed by atoms with E-state index < -0.39 is 5.97 Å². The third kappa shape index (κ3) is 4.91. The number of ether oxygens (including phenoxy) is 1. The van der Waals surface area contributed by atoms with Gasteiger partial charge in [0.25, 0.3) is 0 Å². The Hall–Kier alpha value is -1.55. The highest BCUT2D eigenvalue weighted by atomic mass is 16.5. The number of carbonyl (C=O) groups is 1. The molecule has 0 bridgehead atoms. The molecule has 0 aliphatic rings. The summed E-state index contributed by atoms with van der Waals surface area (Å²) < 4.78 is 5.29. The lowest BCUT2D eigenvalue weighted by molar-refractivity contribution is 0.0696. The maximum absolute atomic E-state index is 11.0. The fraction of sp³-hybridized carbons (Fsp3) is 0.533. The molecule has 0 aliphatic carbocycles. The summed E-state index contributed by atoms with van der Waals surface area (Å²) in [6, 6.07) is 4.98. The summed E-state index contributed by atoms with van der Waals surface area (Å²) in [5, 5.41) is 9.03. The van der Waals surface area contributed by atoms with Gasteiger partial charge in [0.05, 0.1) is 12.7 Å². The number of methoxy groups -OCH3 is 1. The van der Waals surface area contributed by atoms with Crippen LogP contribution in [0.15, 0.2) is 18.2 Å². The fourth-order valence-electron chi connectivity index (χ4n) is 2.04. The van der Waals surface area contributed by atoms with Gasteiger partial charge >= 0.3 is 5.97 Å². The number of nitrogens with zero attached hydrogens (tertiary/aromatic N) is 1. The Morgan fingerprint density at radius 1 is 1.37 bits per heavy atom. The van der Waals surface area contributed by atoms with Gasteiger partial charge in [-0.05, 0) is 38.2 Å². The van der Waals surface area contributed by atoms with E-state index in [1.54, 1.807) is 25.3 Å². The van der Waals surface area contributed by atoms with Gasteiger partial charge in [-0.2, -0.15) is 0 Å². The first-order chi connectivity index (χ1) is 9.08. The van der Waals surface area contributed by atoms with Crippen LogP contribution in [0.2, 0.25) is 0 Å². The van der Waals surface area contributed by atoms with Crippen molar-refractivity contribution in [3.05, 3.63) is 29.3 Å². The van der Waals surface area contributed by atoms with Crippen LogP contribution in [0.3, 0.4) is 0 Å². The molecule has 4 nitrogen and oxygen atoms in total. The summed E-state index contributed by atoms with van der Waals surface area (Å²) in [5.74, 6) is -0.162. The minimum absolute atomic E-state index is 0.303. The third-order valence-corrected chi connectivity index (χ3v) is 3.11. The Balaban J connectivity index is 2.74. The van der Waals surface area contributed by atoms with Crippen LogP contribution in [0.4, 0.5) is 0 Å². The summed E-state index contributed by atoms with van der Waals surface area (Å²) in [6.07, 6.45) is 3.58. The van der Waals surface area contributed by atoms with Crippen molar-refractivity contribution in [2.45, 2.75) is 32.7 Å². The number of hydrogen-bond acceptors (Lipinski definition) is 3. The molecule has 0 saturated carbocycles. The number of carboxylic acid groups (broad SMARTS) is 1. The first-order valence-corrected chi connectivity index (χ1v) is 6.67. The van der Waals surface area contributed by atoms with Crippen molar-refractivity contribution in [1.82, 2.24) is 4.90 Å². The van der Waals surface area contributed by atoms with Gasteiger partial charge in [0.2, 0.25) is 0 Å². The highest BCUT2D eigenvalue weighted by Crippen LogP contribution is 2.21. The molecule has 19 heavy (non-hydrogen) atoms. The van der Waals surface area contributed by atoms with Crippen molar-refractivity contribution < 1.29 is 14.6 Å². The van der Waals surface area contributed by atoms with Crippen LogP contribution in [0, 0.1) is 0 Å². The van der Waals surface area contributed by atoms with E-state index in [1.165, 1.54) is 12.8 Å². The number of unbranched alkanes of at least 4 members (excludes halogenated alkanes) is 2. The first-order valence-electron chi connectivity index (χ1n) is 6.67. The van der Waals surface area contributed by atoms with Crippen LogP contribution in [-0.2, 0) is 6.54 Å². The average molecular weight is 265 g/mol. The predicted octanol–water partition coefficient (Wildman–Crippen LogP) is 3.02. The summed E-state index contributed by atoms with van der Waals surface area (Å²) in [7, 11) is 3.65. The highest BCUT2D eigenvalue weighted by Gasteiger charge is 2.10. The zero-order valence-electron chi connectivity index (χ0n) is 12.0. The van der Waals surface area contributed by atoms with E-state index >= 15 is 0 Å². The van der Waals surface area contributed by atoms with Gasteiger partial charge in [-0.25, -0.2) is 4.79 Å². The molecule has 0 fully saturated rings. The molecule has 0 amide bonds. The summed E-state index contributed by atoms with van der Waals surface area (Å²) in [5.41, 5.74) is 1.22. The molecule has 0 atom stereocenters. The zero-order valence-corrected chi connectivity index (χ0v) is 12.0. The number of rotatable bonds is 8. The normalized spacial score (nSPS) is 10.7.